The number of aryl methyl sites for hydroxylation is 1. The summed E-state index contributed by atoms with van der Waals surface area (Å²) in [7, 11) is 0. The molecular weight excluding hydrogens is 398 g/mol. The summed E-state index contributed by atoms with van der Waals surface area (Å²) in [5, 5.41) is 8.95. The molecule has 0 aliphatic carbocycles. The molecule has 0 aromatic heterocycles. The molecule has 0 spiro atoms. The molecule has 0 radical (unpaired) electrons. The lowest BCUT2D eigenvalue weighted by Crippen LogP contribution is -2.20. The minimum absolute atomic E-state index is 0.204. The van der Waals surface area contributed by atoms with Crippen LogP contribution in [0.1, 0.15) is 43.0 Å². The van der Waals surface area contributed by atoms with Crippen LogP contribution in [-0.4, -0.2) is 37.2 Å². The SMILES string of the molecule is Cc1cccc(COCC(C)(C)CC=O)c1OCCOc1ccc([C@H](N)C(=O)O)cc1. The number of carboxylic acid groups (broad SMARTS) is 1. The molecule has 0 saturated carbocycles. The van der Waals surface area contributed by atoms with Crippen molar-refractivity contribution in [1.82, 2.24) is 0 Å². The van der Waals surface area contributed by atoms with Crippen molar-refractivity contribution in [3.63, 3.8) is 0 Å². The van der Waals surface area contributed by atoms with E-state index in [1.165, 1.54) is 0 Å². The fourth-order valence-electron chi connectivity index (χ4n) is 2.97. The summed E-state index contributed by atoms with van der Waals surface area (Å²) < 4.78 is 17.5. The van der Waals surface area contributed by atoms with E-state index in [2.05, 4.69) is 0 Å². The van der Waals surface area contributed by atoms with E-state index >= 15 is 0 Å². The van der Waals surface area contributed by atoms with Gasteiger partial charge < -0.3 is 29.8 Å². The summed E-state index contributed by atoms with van der Waals surface area (Å²) in [6.07, 6.45) is 1.36. The number of benzene rings is 2. The summed E-state index contributed by atoms with van der Waals surface area (Å²) in [4.78, 5) is 21.7. The lowest BCUT2D eigenvalue weighted by atomic mass is 9.91. The first-order chi connectivity index (χ1) is 14.7. The molecule has 3 N–H and O–H groups in total. The van der Waals surface area contributed by atoms with Crippen molar-refractivity contribution in [3.8, 4) is 11.5 Å². The van der Waals surface area contributed by atoms with Gasteiger partial charge in [0.15, 0.2) is 0 Å². The molecule has 0 bridgehead atoms. The van der Waals surface area contributed by atoms with Crippen LogP contribution in [0.3, 0.4) is 0 Å². The van der Waals surface area contributed by atoms with E-state index in [9.17, 15) is 9.59 Å². The number of carbonyl (C=O) groups is 2. The zero-order valence-corrected chi connectivity index (χ0v) is 18.3. The summed E-state index contributed by atoms with van der Waals surface area (Å²) in [5.74, 6) is 0.296. The second-order valence-corrected chi connectivity index (χ2v) is 8.17. The highest BCUT2D eigenvalue weighted by Gasteiger charge is 2.18. The van der Waals surface area contributed by atoms with E-state index in [-0.39, 0.29) is 5.41 Å². The van der Waals surface area contributed by atoms with Crippen LogP contribution in [0.5, 0.6) is 11.5 Å². The lowest BCUT2D eigenvalue weighted by molar-refractivity contribution is -0.138. The van der Waals surface area contributed by atoms with Crippen molar-refractivity contribution in [3.05, 3.63) is 59.2 Å². The van der Waals surface area contributed by atoms with E-state index in [1.807, 2.05) is 39.0 Å². The highest BCUT2D eigenvalue weighted by atomic mass is 16.5. The maximum atomic E-state index is 10.9. The molecule has 0 fully saturated rings. The third-order valence-corrected chi connectivity index (χ3v) is 4.78. The molecule has 2 rings (SSSR count). The average Bonchev–Trinajstić information content (AvgIpc) is 2.72. The summed E-state index contributed by atoms with van der Waals surface area (Å²) in [6.45, 7) is 7.49. The maximum absolute atomic E-state index is 10.9. The Morgan fingerprint density at radius 2 is 1.81 bits per heavy atom. The predicted molar refractivity (Wildman–Crippen MR) is 117 cm³/mol. The number of ether oxygens (including phenoxy) is 3. The zero-order valence-electron chi connectivity index (χ0n) is 18.3. The molecule has 0 saturated heterocycles. The van der Waals surface area contributed by atoms with Crippen LogP contribution in [0.4, 0.5) is 0 Å². The van der Waals surface area contributed by atoms with Crippen molar-refractivity contribution in [2.45, 2.75) is 39.8 Å². The standard InChI is InChI=1S/C24H31NO6/c1-17-5-4-6-19(15-29-16-24(2,3)11-12-26)22(17)31-14-13-30-20-9-7-18(8-10-20)21(25)23(27)28/h4-10,12,21H,11,13-16,25H2,1-3H3,(H,27,28)/t21-/m0/s1. The second kappa shape index (κ2) is 11.5. The molecule has 31 heavy (non-hydrogen) atoms. The Bertz CT molecular complexity index is 863. The van der Waals surface area contributed by atoms with E-state index in [0.717, 1.165) is 23.2 Å². The topological polar surface area (TPSA) is 108 Å². The normalized spacial score (nSPS) is 12.3. The Hall–Kier alpha value is -2.90. The van der Waals surface area contributed by atoms with Gasteiger partial charge in [0, 0.05) is 12.0 Å². The lowest BCUT2D eigenvalue weighted by Gasteiger charge is -2.22. The van der Waals surface area contributed by atoms with Gasteiger partial charge in [0.05, 0.1) is 13.2 Å². The van der Waals surface area contributed by atoms with Crippen molar-refractivity contribution < 1.29 is 28.9 Å². The molecule has 0 amide bonds. The molecule has 0 unspecified atom stereocenters. The Morgan fingerprint density at radius 3 is 2.45 bits per heavy atom. The Balaban J connectivity index is 1.86. The van der Waals surface area contributed by atoms with E-state index < -0.39 is 12.0 Å². The molecule has 1 atom stereocenters. The minimum Gasteiger partial charge on any atom is -0.490 e. The summed E-state index contributed by atoms with van der Waals surface area (Å²) >= 11 is 0. The van der Waals surface area contributed by atoms with Crippen LogP contribution in [0.2, 0.25) is 0 Å². The van der Waals surface area contributed by atoms with Gasteiger partial charge in [-0.2, -0.15) is 0 Å². The highest BCUT2D eigenvalue weighted by molar-refractivity contribution is 5.75. The van der Waals surface area contributed by atoms with Crippen molar-refractivity contribution in [1.29, 1.82) is 0 Å². The van der Waals surface area contributed by atoms with Crippen LogP contribution in [0.25, 0.3) is 0 Å². The number of nitrogens with two attached hydrogens (primary N) is 1. The molecule has 0 heterocycles. The molecule has 2 aromatic rings. The number of aldehydes is 1. The van der Waals surface area contributed by atoms with Crippen LogP contribution >= 0.6 is 0 Å². The Labute approximate surface area is 183 Å². The maximum Gasteiger partial charge on any atom is 0.325 e. The molecule has 2 aromatic carbocycles. The van der Waals surface area contributed by atoms with Gasteiger partial charge in [0.2, 0.25) is 0 Å². The van der Waals surface area contributed by atoms with Gasteiger partial charge in [0.25, 0.3) is 0 Å². The van der Waals surface area contributed by atoms with Crippen LogP contribution < -0.4 is 15.2 Å². The van der Waals surface area contributed by atoms with E-state index in [0.29, 0.717) is 44.2 Å². The second-order valence-electron chi connectivity index (χ2n) is 8.17. The van der Waals surface area contributed by atoms with Gasteiger partial charge in [-0.25, -0.2) is 0 Å². The fourth-order valence-corrected chi connectivity index (χ4v) is 2.97. The van der Waals surface area contributed by atoms with Crippen LogP contribution in [0.15, 0.2) is 42.5 Å². The Morgan fingerprint density at radius 1 is 1.13 bits per heavy atom. The van der Waals surface area contributed by atoms with Gasteiger partial charge in [-0.15, -0.1) is 0 Å². The van der Waals surface area contributed by atoms with Crippen molar-refractivity contribution in [2.24, 2.45) is 11.1 Å². The molecule has 0 aliphatic rings. The smallest absolute Gasteiger partial charge is 0.325 e. The minimum atomic E-state index is -1.08. The van der Waals surface area contributed by atoms with E-state index in [1.54, 1.807) is 24.3 Å². The first kappa shape index (κ1) is 24.4. The van der Waals surface area contributed by atoms with Crippen LogP contribution in [-0.2, 0) is 20.9 Å². The third-order valence-electron chi connectivity index (χ3n) is 4.78. The van der Waals surface area contributed by atoms with Crippen molar-refractivity contribution in [2.75, 3.05) is 19.8 Å². The number of carbonyl (C=O) groups excluding carboxylic acids is 1. The zero-order chi connectivity index (χ0) is 22.9. The number of para-hydroxylation sites is 1. The molecule has 7 heteroatoms. The average molecular weight is 430 g/mol. The van der Waals surface area contributed by atoms with Gasteiger partial charge in [-0.05, 0) is 35.6 Å². The molecule has 168 valence electrons. The van der Waals surface area contributed by atoms with Gasteiger partial charge >= 0.3 is 5.97 Å². The van der Waals surface area contributed by atoms with Gasteiger partial charge in [0.1, 0.15) is 37.0 Å². The van der Waals surface area contributed by atoms with Crippen LogP contribution in [0, 0.1) is 12.3 Å². The molecule has 0 aliphatic heterocycles. The quantitative estimate of drug-likeness (QED) is 0.369. The van der Waals surface area contributed by atoms with E-state index in [4.69, 9.17) is 25.1 Å². The predicted octanol–water partition coefficient (Wildman–Crippen LogP) is 3.67. The first-order valence-electron chi connectivity index (χ1n) is 10.2. The summed E-state index contributed by atoms with van der Waals surface area (Å²) in [5.41, 5.74) is 7.84. The monoisotopic (exact) mass is 429 g/mol. The summed E-state index contributed by atoms with van der Waals surface area (Å²) in [6, 6.07) is 11.5. The third kappa shape index (κ3) is 7.70. The largest absolute Gasteiger partial charge is 0.490 e. The van der Waals surface area contributed by atoms with Gasteiger partial charge in [-0.1, -0.05) is 44.2 Å². The number of rotatable bonds is 13. The number of aliphatic carboxylic acids is 1. The first-order valence-corrected chi connectivity index (χ1v) is 10.2. The molecule has 7 nitrogen and oxygen atoms in total. The van der Waals surface area contributed by atoms with Crippen molar-refractivity contribution >= 4 is 12.3 Å². The highest BCUT2D eigenvalue weighted by Crippen LogP contribution is 2.26. The Kier molecular flexibility index (Phi) is 9.03. The number of carboxylic acids is 1. The number of hydrogen-bond donors (Lipinski definition) is 2. The fraction of sp³-hybridized carbons (Fsp3) is 0.417. The van der Waals surface area contributed by atoms with Gasteiger partial charge in [-0.3, -0.25) is 4.79 Å². The number of hydrogen-bond acceptors (Lipinski definition) is 6. The molecular formula is C24H31NO6.